The van der Waals surface area contributed by atoms with Gasteiger partial charge in [0.05, 0.1) is 37.7 Å². The molecule has 4 rings (SSSR count). The summed E-state index contributed by atoms with van der Waals surface area (Å²) >= 11 is 0. The molecular formula is C26H22F2N6O3. The van der Waals surface area contributed by atoms with Gasteiger partial charge in [0, 0.05) is 35.3 Å². The molecule has 0 atom stereocenters. The molecule has 0 saturated carbocycles. The van der Waals surface area contributed by atoms with Gasteiger partial charge in [-0.3, -0.25) is 9.88 Å². The van der Waals surface area contributed by atoms with Crippen LogP contribution in [0.2, 0.25) is 0 Å². The third-order valence-corrected chi connectivity index (χ3v) is 5.85. The molecule has 1 N–H and O–H groups in total. The van der Waals surface area contributed by atoms with Gasteiger partial charge in [-0.2, -0.15) is 5.26 Å². The van der Waals surface area contributed by atoms with Gasteiger partial charge in [0.15, 0.2) is 23.1 Å². The molecule has 11 heteroatoms. The van der Waals surface area contributed by atoms with Gasteiger partial charge in [0.2, 0.25) is 0 Å². The first-order valence-corrected chi connectivity index (χ1v) is 11.0. The summed E-state index contributed by atoms with van der Waals surface area (Å²) in [6, 6.07) is 6.78. The minimum absolute atomic E-state index is 0.122. The molecule has 2 amide bonds. The van der Waals surface area contributed by atoms with Gasteiger partial charge < -0.3 is 14.9 Å². The predicted molar refractivity (Wildman–Crippen MR) is 133 cm³/mol. The Kier molecular flexibility index (Phi) is 6.84. The van der Waals surface area contributed by atoms with E-state index in [9.17, 15) is 4.79 Å². The van der Waals surface area contributed by atoms with Crippen molar-refractivity contribution in [3.8, 4) is 17.6 Å². The number of aromatic nitrogens is 2. The summed E-state index contributed by atoms with van der Waals surface area (Å²) in [5.41, 5.74) is 1.72. The Labute approximate surface area is 211 Å². The molecule has 0 aliphatic carbocycles. The zero-order valence-electron chi connectivity index (χ0n) is 20.5. The number of fused-ring (bicyclic) bond motifs is 1. The second-order valence-electron chi connectivity index (χ2n) is 8.00. The van der Waals surface area contributed by atoms with Gasteiger partial charge in [-0.25, -0.2) is 23.5 Å². The number of allylic oxidation sites excluding steroid dienone is 2. The quantitative estimate of drug-likeness (QED) is 0.452. The second-order valence-corrected chi connectivity index (χ2v) is 8.00. The number of nitrogens with one attached hydrogen (secondary N) is 1. The first-order chi connectivity index (χ1) is 17.7. The maximum absolute atomic E-state index is 15.4. The predicted octanol–water partition coefficient (Wildman–Crippen LogP) is 5.36. The van der Waals surface area contributed by atoms with E-state index in [1.807, 2.05) is 6.07 Å². The molecule has 3 heterocycles. The van der Waals surface area contributed by atoms with E-state index in [2.05, 4.69) is 9.97 Å². The van der Waals surface area contributed by atoms with Crippen LogP contribution < -0.4 is 19.3 Å². The Morgan fingerprint density at radius 1 is 1.14 bits per heavy atom. The lowest BCUT2D eigenvalue weighted by Gasteiger charge is -2.37. The lowest BCUT2D eigenvalue weighted by Crippen LogP contribution is -2.46. The number of methoxy groups -OCH3 is 2. The minimum atomic E-state index is -1.08. The van der Waals surface area contributed by atoms with Gasteiger partial charge in [0.1, 0.15) is 17.6 Å². The number of halogens is 2. The maximum Gasteiger partial charge on any atom is 0.335 e. The Bertz CT molecular complexity index is 1450. The highest BCUT2D eigenvalue weighted by atomic mass is 19.1. The fraction of sp³-hybridized carbons (Fsp3) is 0.192. The fourth-order valence-corrected chi connectivity index (χ4v) is 4.06. The number of rotatable bonds is 6. The summed E-state index contributed by atoms with van der Waals surface area (Å²) in [6.07, 6.45) is 4.50. The number of carbonyl (C=O) groups is 1. The molecule has 2 aromatic heterocycles. The number of hydrogen-bond donors (Lipinski definition) is 1. The van der Waals surface area contributed by atoms with E-state index in [4.69, 9.17) is 20.1 Å². The number of nitriles is 1. The van der Waals surface area contributed by atoms with Crippen LogP contribution in [0.15, 0.2) is 42.7 Å². The molecule has 0 fully saturated rings. The maximum atomic E-state index is 15.4. The van der Waals surface area contributed by atoms with Crippen molar-refractivity contribution in [2.75, 3.05) is 24.0 Å². The van der Waals surface area contributed by atoms with Crippen LogP contribution in [0.1, 0.15) is 30.7 Å². The first kappa shape index (κ1) is 25.2. The van der Waals surface area contributed by atoms with Gasteiger partial charge >= 0.3 is 6.03 Å². The largest absolute Gasteiger partial charge is 0.493 e. The van der Waals surface area contributed by atoms with Crippen LogP contribution in [0.4, 0.5) is 30.8 Å². The molecular weight excluding hydrogens is 482 g/mol. The molecule has 1 aromatic carbocycles. The van der Waals surface area contributed by atoms with Crippen molar-refractivity contribution in [2.24, 2.45) is 0 Å². The van der Waals surface area contributed by atoms with E-state index in [0.717, 1.165) is 11.0 Å². The number of carbonyl (C=O) groups excluding carboxylic acids is 1. The Hall–Kier alpha value is -4.85. The van der Waals surface area contributed by atoms with Crippen molar-refractivity contribution in [3.63, 3.8) is 0 Å². The lowest BCUT2D eigenvalue weighted by atomic mass is 10.0. The van der Waals surface area contributed by atoms with E-state index in [0.29, 0.717) is 22.5 Å². The molecule has 0 bridgehead atoms. The average Bonchev–Trinajstić information content (AvgIpc) is 2.89. The number of hydrogen-bond acceptors (Lipinski definition) is 7. The van der Waals surface area contributed by atoms with Crippen LogP contribution in [0.3, 0.4) is 0 Å². The number of benzene rings is 1. The standard InChI is InChI=1S/C26H22F2N6O3/c1-5-17(14(2)30)18-8-19-16(12-31-18)13-33(25-23(27)20(36-3)9-21(37-4)24(25)28)26(35)34(19)22-7-6-15(10-29)11-32-22/h5-9,11-12,30H,13H2,1-4H3/b17-5+,30-14?. The highest BCUT2D eigenvalue weighted by Gasteiger charge is 2.38. The van der Waals surface area contributed by atoms with E-state index >= 15 is 8.78 Å². The third kappa shape index (κ3) is 4.33. The summed E-state index contributed by atoms with van der Waals surface area (Å²) in [7, 11) is 2.44. The van der Waals surface area contributed by atoms with Crippen molar-refractivity contribution >= 4 is 34.5 Å². The molecule has 3 aromatic rings. The Balaban J connectivity index is 1.96. The summed E-state index contributed by atoms with van der Waals surface area (Å²) in [5.74, 6) is -2.64. The zero-order valence-corrected chi connectivity index (χ0v) is 20.5. The SMILES string of the molecule is C/C=C(\C(C)=N)c1cc2c(cn1)CN(c1c(F)c(OC)cc(OC)c1F)C(=O)N2c1ccc(C#N)cn1. The van der Waals surface area contributed by atoms with Crippen molar-refractivity contribution in [1.29, 1.82) is 10.7 Å². The van der Waals surface area contributed by atoms with Gasteiger partial charge in [-0.1, -0.05) is 6.08 Å². The zero-order chi connectivity index (χ0) is 26.9. The Morgan fingerprint density at radius 2 is 1.81 bits per heavy atom. The van der Waals surface area contributed by atoms with Crippen molar-refractivity contribution < 1.29 is 23.0 Å². The molecule has 0 unspecified atom stereocenters. The smallest absolute Gasteiger partial charge is 0.335 e. The minimum Gasteiger partial charge on any atom is -0.493 e. The van der Waals surface area contributed by atoms with Gasteiger partial charge in [-0.05, 0) is 32.0 Å². The number of ether oxygens (including phenoxy) is 2. The monoisotopic (exact) mass is 504 g/mol. The van der Waals surface area contributed by atoms with Crippen molar-refractivity contribution in [2.45, 2.75) is 20.4 Å². The van der Waals surface area contributed by atoms with Crippen molar-refractivity contribution in [1.82, 2.24) is 9.97 Å². The fourth-order valence-electron chi connectivity index (χ4n) is 4.06. The van der Waals surface area contributed by atoms with Gasteiger partial charge in [0.25, 0.3) is 0 Å². The molecule has 188 valence electrons. The topological polar surface area (TPSA) is 115 Å². The molecule has 0 saturated heterocycles. The molecule has 9 nitrogen and oxygen atoms in total. The number of urea groups is 1. The number of amides is 2. The van der Waals surface area contributed by atoms with Crippen LogP contribution in [0, 0.1) is 28.4 Å². The first-order valence-electron chi connectivity index (χ1n) is 11.0. The van der Waals surface area contributed by atoms with E-state index < -0.39 is 23.4 Å². The molecule has 0 spiro atoms. The highest BCUT2D eigenvalue weighted by Crippen LogP contribution is 2.42. The van der Waals surface area contributed by atoms with Crippen LogP contribution in [0.25, 0.3) is 5.57 Å². The second kappa shape index (κ2) is 10.0. The van der Waals surface area contributed by atoms with E-state index in [1.54, 1.807) is 26.0 Å². The molecule has 1 aliphatic heterocycles. The molecule has 0 radical (unpaired) electrons. The van der Waals surface area contributed by atoms with Crippen LogP contribution in [0.5, 0.6) is 11.5 Å². The van der Waals surface area contributed by atoms with Crippen LogP contribution in [-0.2, 0) is 6.54 Å². The summed E-state index contributed by atoms with van der Waals surface area (Å²) < 4.78 is 40.8. The third-order valence-electron chi connectivity index (χ3n) is 5.85. The number of anilines is 3. The summed E-state index contributed by atoms with van der Waals surface area (Å²) in [5, 5.41) is 17.2. The lowest BCUT2D eigenvalue weighted by molar-refractivity contribution is 0.251. The van der Waals surface area contributed by atoms with E-state index in [-0.39, 0.29) is 35.1 Å². The molecule has 1 aliphatic rings. The number of pyridine rings is 2. The van der Waals surface area contributed by atoms with E-state index in [1.165, 1.54) is 43.6 Å². The highest BCUT2D eigenvalue weighted by molar-refractivity contribution is 6.21. The summed E-state index contributed by atoms with van der Waals surface area (Å²) in [4.78, 5) is 24.6. The normalized spacial score (nSPS) is 13.2. The van der Waals surface area contributed by atoms with Crippen LogP contribution >= 0.6 is 0 Å². The van der Waals surface area contributed by atoms with Gasteiger partial charge in [-0.15, -0.1) is 0 Å². The van der Waals surface area contributed by atoms with Crippen molar-refractivity contribution in [3.05, 3.63) is 71.2 Å². The number of nitrogens with zero attached hydrogens (tertiary/aromatic N) is 5. The van der Waals surface area contributed by atoms with Crippen LogP contribution in [-0.4, -0.2) is 35.9 Å². The molecule has 37 heavy (non-hydrogen) atoms. The summed E-state index contributed by atoms with van der Waals surface area (Å²) in [6.45, 7) is 3.17. The Morgan fingerprint density at radius 3 is 2.32 bits per heavy atom. The average molecular weight is 504 g/mol.